The molecule has 0 saturated heterocycles. The van der Waals surface area contributed by atoms with Crippen molar-refractivity contribution in [2.75, 3.05) is 40.3 Å². The third-order valence-corrected chi connectivity index (χ3v) is 5.71. The summed E-state index contributed by atoms with van der Waals surface area (Å²) < 4.78 is 25.4. The molecule has 1 N–H and O–H groups in total. The molecule has 0 atom stereocenters. The zero-order chi connectivity index (χ0) is 17.6. The molecule has 0 aliphatic carbocycles. The summed E-state index contributed by atoms with van der Waals surface area (Å²) in [7, 11) is -0.729. The van der Waals surface area contributed by atoms with Crippen molar-refractivity contribution in [2.45, 2.75) is 18.7 Å². The van der Waals surface area contributed by atoms with Gasteiger partial charge in [-0.05, 0) is 31.3 Å². The molecule has 8 heteroatoms. The minimum absolute atomic E-state index is 0.0424. The molecule has 1 aromatic carbocycles. The zero-order valence-corrected chi connectivity index (χ0v) is 15.5. The molecular weight excluding hydrogens is 338 g/mol. The van der Waals surface area contributed by atoms with Crippen LogP contribution in [-0.4, -0.2) is 63.8 Å². The van der Waals surface area contributed by atoms with E-state index in [0.717, 1.165) is 23.9 Å². The summed E-state index contributed by atoms with van der Waals surface area (Å²) in [5.41, 5.74) is 0.161. The number of hydrogen-bond donors (Lipinski definition) is 1. The van der Waals surface area contributed by atoms with Crippen molar-refractivity contribution in [3.05, 3.63) is 28.8 Å². The van der Waals surface area contributed by atoms with Crippen LogP contribution < -0.4 is 5.32 Å². The Hall–Kier alpha value is -1.15. The van der Waals surface area contributed by atoms with Crippen LogP contribution in [0.15, 0.2) is 23.1 Å². The Morgan fingerprint density at radius 2 is 1.83 bits per heavy atom. The maximum atomic E-state index is 12.3. The average molecular weight is 362 g/mol. The van der Waals surface area contributed by atoms with E-state index in [1.165, 1.54) is 32.3 Å². The molecule has 0 unspecified atom stereocenters. The summed E-state index contributed by atoms with van der Waals surface area (Å²) in [6.45, 7) is 7.12. The summed E-state index contributed by atoms with van der Waals surface area (Å²) in [6.07, 6.45) is 0. The normalized spacial score (nSPS) is 12.0. The third-order valence-electron chi connectivity index (χ3n) is 3.57. The van der Waals surface area contributed by atoms with Crippen LogP contribution in [0, 0.1) is 0 Å². The van der Waals surface area contributed by atoms with E-state index < -0.39 is 10.0 Å². The number of amides is 1. The minimum atomic E-state index is -3.61. The van der Waals surface area contributed by atoms with Crippen molar-refractivity contribution in [3.63, 3.8) is 0 Å². The van der Waals surface area contributed by atoms with Crippen LogP contribution in [0.5, 0.6) is 0 Å². The molecule has 130 valence electrons. The highest BCUT2D eigenvalue weighted by atomic mass is 35.5. The predicted molar refractivity (Wildman–Crippen MR) is 92.4 cm³/mol. The largest absolute Gasteiger partial charge is 0.351 e. The van der Waals surface area contributed by atoms with Gasteiger partial charge in [-0.2, -0.15) is 0 Å². The molecule has 0 aliphatic heterocycles. The van der Waals surface area contributed by atoms with Crippen LogP contribution >= 0.6 is 11.6 Å². The first-order valence-corrected chi connectivity index (χ1v) is 9.28. The number of benzene rings is 1. The predicted octanol–water partition coefficient (Wildman–Crippen LogP) is 1.66. The standard InChI is InChI=1S/C15H24ClN3O3S/c1-5-19(6-2)10-9-17-15(20)13-11-12(7-8-14(13)16)23(21,22)18(3)4/h7-8,11H,5-6,9-10H2,1-4H3,(H,17,20). The van der Waals surface area contributed by atoms with Gasteiger partial charge in [0.05, 0.1) is 15.5 Å². The van der Waals surface area contributed by atoms with Crippen molar-refractivity contribution in [3.8, 4) is 0 Å². The molecule has 0 aromatic heterocycles. The van der Waals surface area contributed by atoms with E-state index in [9.17, 15) is 13.2 Å². The SMILES string of the molecule is CCN(CC)CCNC(=O)c1cc(S(=O)(=O)N(C)C)ccc1Cl. The zero-order valence-electron chi connectivity index (χ0n) is 14.0. The second-order valence-electron chi connectivity index (χ2n) is 5.21. The van der Waals surface area contributed by atoms with Crippen molar-refractivity contribution in [1.82, 2.24) is 14.5 Å². The van der Waals surface area contributed by atoms with Gasteiger partial charge in [0, 0.05) is 27.2 Å². The molecule has 0 spiro atoms. The van der Waals surface area contributed by atoms with Crippen molar-refractivity contribution in [1.29, 1.82) is 0 Å². The number of carbonyl (C=O) groups excluding carboxylic acids is 1. The van der Waals surface area contributed by atoms with Crippen LogP contribution in [-0.2, 0) is 10.0 Å². The maximum absolute atomic E-state index is 12.3. The first-order valence-electron chi connectivity index (χ1n) is 7.46. The number of hydrogen-bond acceptors (Lipinski definition) is 4. The lowest BCUT2D eigenvalue weighted by molar-refractivity contribution is 0.0949. The van der Waals surface area contributed by atoms with Gasteiger partial charge in [-0.25, -0.2) is 12.7 Å². The number of halogens is 1. The van der Waals surface area contributed by atoms with Gasteiger partial charge in [-0.1, -0.05) is 25.4 Å². The highest BCUT2D eigenvalue weighted by Crippen LogP contribution is 2.22. The topological polar surface area (TPSA) is 69.7 Å². The monoisotopic (exact) mass is 361 g/mol. The number of likely N-dealkylation sites (N-methyl/N-ethyl adjacent to an activating group) is 1. The van der Waals surface area contributed by atoms with Gasteiger partial charge in [0.15, 0.2) is 0 Å². The second-order valence-corrected chi connectivity index (χ2v) is 7.77. The van der Waals surface area contributed by atoms with E-state index in [1.54, 1.807) is 0 Å². The van der Waals surface area contributed by atoms with Gasteiger partial charge in [0.25, 0.3) is 5.91 Å². The molecule has 1 aromatic rings. The summed E-state index contributed by atoms with van der Waals surface area (Å²) in [4.78, 5) is 14.5. The Balaban J connectivity index is 2.89. The molecule has 6 nitrogen and oxygen atoms in total. The lowest BCUT2D eigenvalue weighted by Crippen LogP contribution is -2.35. The molecule has 0 bridgehead atoms. The molecular formula is C15H24ClN3O3S. The molecule has 1 amide bonds. The van der Waals surface area contributed by atoms with Gasteiger partial charge in [-0.3, -0.25) is 4.79 Å². The number of sulfonamides is 1. The van der Waals surface area contributed by atoms with E-state index in [2.05, 4.69) is 24.1 Å². The van der Waals surface area contributed by atoms with E-state index in [4.69, 9.17) is 11.6 Å². The van der Waals surface area contributed by atoms with Gasteiger partial charge >= 0.3 is 0 Å². The summed E-state index contributed by atoms with van der Waals surface area (Å²) in [5, 5.41) is 3.00. The van der Waals surface area contributed by atoms with Crippen LogP contribution in [0.4, 0.5) is 0 Å². The second kappa shape index (κ2) is 8.63. The van der Waals surface area contributed by atoms with E-state index >= 15 is 0 Å². The summed E-state index contributed by atoms with van der Waals surface area (Å²) in [5.74, 6) is -0.377. The highest BCUT2D eigenvalue weighted by Gasteiger charge is 2.20. The molecule has 0 heterocycles. The Morgan fingerprint density at radius 3 is 2.35 bits per heavy atom. The smallest absolute Gasteiger partial charge is 0.252 e. The van der Waals surface area contributed by atoms with Crippen molar-refractivity contribution in [2.24, 2.45) is 0 Å². The van der Waals surface area contributed by atoms with Gasteiger partial charge in [0.2, 0.25) is 10.0 Å². The number of nitrogens with one attached hydrogen (secondary N) is 1. The van der Waals surface area contributed by atoms with E-state index in [-0.39, 0.29) is 21.4 Å². The average Bonchev–Trinajstić information content (AvgIpc) is 2.51. The lowest BCUT2D eigenvalue weighted by atomic mass is 10.2. The number of nitrogens with zero attached hydrogens (tertiary/aromatic N) is 2. The lowest BCUT2D eigenvalue weighted by Gasteiger charge is -2.18. The Morgan fingerprint density at radius 1 is 1.22 bits per heavy atom. The maximum Gasteiger partial charge on any atom is 0.252 e. The molecule has 0 fully saturated rings. The molecule has 1 rings (SSSR count). The van der Waals surface area contributed by atoms with Crippen molar-refractivity contribution < 1.29 is 13.2 Å². The fourth-order valence-corrected chi connectivity index (χ4v) is 3.14. The first kappa shape index (κ1) is 19.9. The molecule has 0 saturated carbocycles. The third kappa shape index (κ3) is 5.17. The molecule has 23 heavy (non-hydrogen) atoms. The summed E-state index contributed by atoms with van der Waals surface area (Å²) in [6, 6.07) is 4.13. The first-order chi connectivity index (χ1) is 10.7. The Labute approximate surface area is 143 Å². The Kier molecular flexibility index (Phi) is 7.47. The van der Waals surface area contributed by atoms with Crippen LogP contribution in [0.3, 0.4) is 0 Å². The van der Waals surface area contributed by atoms with E-state index in [0.29, 0.717) is 6.54 Å². The fourth-order valence-electron chi connectivity index (χ4n) is 2.01. The minimum Gasteiger partial charge on any atom is -0.351 e. The number of carbonyl (C=O) groups is 1. The van der Waals surface area contributed by atoms with Gasteiger partial charge in [-0.15, -0.1) is 0 Å². The Bertz CT molecular complexity index is 643. The van der Waals surface area contributed by atoms with E-state index in [1.807, 2.05) is 0 Å². The van der Waals surface area contributed by atoms with Crippen LogP contribution in [0.25, 0.3) is 0 Å². The molecule has 0 aliphatic rings. The van der Waals surface area contributed by atoms with Crippen LogP contribution in [0.1, 0.15) is 24.2 Å². The quantitative estimate of drug-likeness (QED) is 0.764. The molecule has 0 radical (unpaired) electrons. The van der Waals surface area contributed by atoms with Crippen molar-refractivity contribution >= 4 is 27.5 Å². The highest BCUT2D eigenvalue weighted by molar-refractivity contribution is 7.89. The number of rotatable bonds is 8. The van der Waals surface area contributed by atoms with Crippen LogP contribution in [0.2, 0.25) is 5.02 Å². The fraction of sp³-hybridized carbons (Fsp3) is 0.533. The van der Waals surface area contributed by atoms with Gasteiger partial charge in [0.1, 0.15) is 0 Å². The van der Waals surface area contributed by atoms with Gasteiger partial charge < -0.3 is 10.2 Å². The summed E-state index contributed by atoms with van der Waals surface area (Å²) >= 11 is 6.04.